The van der Waals surface area contributed by atoms with Crippen molar-refractivity contribution in [1.29, 1.82) is 0 Å². The molecule has 152 valence electrons. The van der Waals surface area contributed by atoms with Crippen molar-refractivity contribution in [3.05, 3.63) is 11.6 Å². The maximum Gasteiger partial charge on any atom is 0.155 e. The SMILES string of the molecule is CC(=O)CC[C@]1(O)CC[C@H]2[C@@H]3C4CC4C4=CC(=O)CC[C@]4(C)C34O[C@H]4C[C@@]21C. The first-order valence-corrected chi connectivity index (χ1v) is 11.3. The van der Waals surface area contributed by atoms with E-state index in [0.717, 1.165) is 25.7 Å². The molecule has 1 aliphatic heterocycles. The van der Waals surface area contributed by atoms with Crippen LogP contribution in [0.4, 0.5) is 0 Å². The number of aliphatic hydroxyl groups is 1. The molecule has 0 aromatic heterocycles. The van der Waals surface area contributed by atoms with E-state index in [1.54, 1.807) is 6.92 Å². The molecule has 5 aliphatic carbocycles. The zero-order chi connectivity index (χ0) is 19.7. The van der Waals surface area contributed by atoms with Gasteiger partial charge in [-0.05, 0) is 75.2 Å². The van der Waals surface area contributed by atoms with Gasteiger partial charge in [0.05, 0.1) is 11.7 Å². The Bertz CT molecular complexity index is 830. The number of rotatable bonds is 3. The van der Waals surface area contributed by atoms with Crippen molar-refractivity contribution in [3.8, 4) is 0 Å². The lowest BCUT2D eigenvalue weighted by molar-refractivity contribution is -0.129. The van der Waals surface area contributed by atoms with E-state index in [9.17, 15) is 14.7 Å². The minimum atomic E-state index is -0.745. The summed E-state index contributed by atoms with van der Waals surface area (Å²) < 4.78 is 6.66. The molecule has 4 heteroatoms. The molecule has 1 heterocycles. The van der Waals surface area contributed by atoms with Crippen LogP contribution in [0, 0.1) is 34.5 Å². The molecule has 6 aliphatic rings. The molecule has 0 aromatic rings. The van der Waals surface area contributed by atoms with Gasteiger partial charge in [-0.3, -0.25) is 4.79 Å². The number of ether oxygens (including phenoxy) is 1. The van der Waals surface area contributed by atoms with Crippen molar-refractivity contribution in [2.75, 3.05) is 0 Å². The molecular weight excluding hydrogens is 352 g/mol. The average molecular weight is 385 g/mol. The zero-order valence-corrected chi connectivity index (χ0v) is 17.3. The number of hydrogen-bond donors (Lipinski definition) is 1. The number of carbonyl (C=O) groups excluding carboxylic acids is 2. The third-order valence-corrected chi connectivity index (χ3v) is 10.3. The summed E-state index contributed by atoms with van der Waals surface area (Å²) in [6, 6.07) is 0. The molecule has 0 radical (unpaired) electrons. The largest absolute Gasteiger partial charge is 0.389 e. The average Bonchev–Trinajstić information content (AvgIpc) is 3.52. The maximum atomic E-state index is 12.2. The van der Waals surface area contributed by atoms with E-state index in [4.69, 9.17) is 4.74 Å². The second-order valence-electron chi connectivity index (χ2n) is 11.3. The number of fused-ring (bicyclic) bond motifs is 6. The topological polar surface area (TPSA) is 66.9 Å². The van der Waals surface area contributed by atoms with E-state index >= 15 is 0 Å². The summed E-state index contributed by atoms with van der Waals surface area (Å²) >= 11 is 0. The van der Waals surface area contributed by atoms with E-state index < -0.39 is 5.60 Å². The second-order valence-corrected chi connectivity index (χ2v) is 11.3. The summed E-state index contributed by atoms with van der Waals surface area (Å²) in [5.41, 5.74) is 0.377. The number of carbonyl (C=O) groups is 2. The number of Topliss-reactive ketones (excluding diaryl/α,β-unsaturated/α-hetero) is 1. The van der Waals surface area contributed by atoms with Gasteiger partial charge in [-0.1, -0.05) is 19.4 Å². The van der Waals surface area contributed by atoms with Crippen LogP contribution in [0.25, 0.3) is 0 Å². The fourth-order valence-electron chi connectivity index (χ4n) is 8.72. The minimum Gasteiger partial charge on any atom is -0.389 e. The molecule has 1 spiro atoms. The van der Waals surface area contributed by atoms with Gasteiger partial charge in [0.25, 0.3) is 0 Å². The molecule has 4 nitrogen and oxygen atoms in total. The lowest BCUT2D eigenvalue weighted by Gasteiger charge is -2.56. The molecule has 6 rings (SSSR count). The molecule has 0 aromatic carbocycles. The Balaban J connectivity index is 1.40. The van der Waals surface area contributed by atoms with Crippen molar-refractivity contribution < 1.29 is 19.4 Å². The number of hydrogen-bond acceptors (Lipinski definition) is 4. The van der Waals surface area contributed by atoms with Crippen LogP contribution in [-0.4, -0.2) is 34.0 Å². The highest BCUT2D eigenvalue weighted by atomic mass is 16.6. The van der Waals surface area contributed by atoms with Crippen molar-refractivity contribution in [3.63, 3.8) is 0 Å². The Morgan fingerprint density at radius 1 is 1.32 bits per heavy atom. The van der Waals surface area contributed by atoms with Crippen LogP contribution in [0.15, 0.2) is 11.6 Å². The van der Waals surface area contributed by atoms with Gasteiger partial charge in [0.2, 0.25) is 0 Å². The number of ketones is 2. The summed E-state index contributed by atoms with van der Waals surface area (Å²) in [5.74, 6) is 2.61. The Morgan fingerprint density at radius 3 is 2.86 bits per heavy atom. The standard InChI is InChI=1S/C24H32O4/c1-13(25)4-8-23(27)9-6-17-20-16-11-15(16)18-10-14(26)5-7-21(18,2)24(20)19(28-24)12-22(17,23)3/h10,15-17,19-20,27H,4-9,11-12H2,1-3H3/t15?,16?,17-,19-,20-,21-,22-,23-,24?/m0/s1. The van der Waals surface area contributed by atoms with E-state index in [-0.39, 0.29) is 28.3 Å². The van der Waals surface area contributed by atoms with E-state index in [0.29, 0.717) is 48.7 Å². The molecule has 1 saturated heterocycles. The fraction of sp³-hybridized carbons (Fsp3) is 0.833. The monoisotopic (exact) mass is 384 g/mol. The van der Waals surface area contributed by atoms with Crippen LogP contribution in [0.1, 0.15) is 72.1 Å². The van der Waals surface area contributed by atoms with Crippen molar-refractivity contribution >= 4 is 11.6 Å². The highest BCUT2D eigenvalue weighted by Gasteiger charge is 2.84. The maximum absolute atomic E-state index is 12.2. The van der Waals surface area contributed by atoms with Gasteiger partial charge in [0.1, 0.15) is 11.4 Å². The normalized spacial score (nSPS) is 57.9. The van der Waals surface area contributed by atoms with Crippen LogP contribution in [0.5, 0.6) is 0 Å². The lowest BCUT2D eigenvalue weighted by atomic mass is 9.46. The first kappa shape index (κ1) is 17.8. The summed E-state index contributed by atoms with van der Waals surface area (Å²) in [6.07, 6.45) is 8.75. The fourth-order valence-corrected chi connectivity index (χ4v) is 8.72. The first-order valence-electron chi connectivity index (χ1n) is 11.3. The van der Waals surface area contributed by atoms with Crippen LogP contribution in [0.3, 0.4) is 0 Å². The summed E-state index contributed by atoms with van der Waals surface area (Å²) in [4.78, 5) is 23.8. The zero-order valence-electron chi connectivity index (χ0n) is 17.3. The van der Waals surface area contributed by atoms with Crippen LogP contribution in [0.2, 0.25) is 0 Å². The van der Waals surface area contributed by atoms with Crippen LogP contribution in [-0.2, 0) is 14.3 Å². The predicted molar refractivity (Wildman–Crippen MR) is 103 cm³/mol. The molecular formula is C24H32O4. The molecule has 1 N–H and O–H groups in total. The highest BCUT2D eigenvalue weighted by molar-refractivity contribution is 5.92. The van der Waals surface area contributed by atoms with Gasteiger partial charge in [0.15, 0.2) is 5.78 Å². The summed E-state index contributed by atoms with van der Waals surface area (Å²) in [6.45, 7) is 6.28. The third kappa shape index (κ3) is 1.82. The van der Waals surface area contributed by atoms with Crippen LogP contribution < -0.4 is 0 Å². The highest BCUT2D eigenvalue weighted by Crippen LogP contribution is 2.82. The van der Waals surface area contributed by atoms with E-state index in [2.05, 4.69) is 13.8 Å². The van der Waals surface area contributed by atoms with E-state index in [1.807, 2.05) is 6.08 Å². The molecule has 5 fully saturated rings. The number of epoxide rings is 1. The Labute approximate surface area is 167 Å². The Kier molecular flexibility index (Phi) is 3.18. The van der Waals surface area contributed by atoms with Crippen molar-refractivity contribution in [1.82, 2.24) is 0 Å². The predicted octanol–water partition coefficient (Wildman–Crippen LogP) is 3.61. The minimum absolute atomic E-state index is 0.00463. The molecule has 3 unspecified atom stereocenters. The molecule has 9 atom stereocenters. The summed E-state index contributed by atoms with van der Waals surface area (Å²) in [7, 11) is 0. The third-order valence-electron chi connectivity index (χ3n) is 10.3. The van der Waals surface area contributed by atoms with Crippen LogP contribution >= 0.6 is 0 Å². The van der Waals surface area contributed by atoms with Gasteiger partial charge >= 0.3 is 0 Å². The smallest absolute Gasteiger partial charge is 0.155 e. The van der Waals surface area contributed by atoms with Gasteiger partial charge in [-0.25, -0.2) is 0 Å². The molecule has 4 saturated carbocycles. The van der Waals surface area contributed by atoms with Crippen molar-refractivity contribution in [2.45, 2.75) is 89.4 Å². The Morgan fingerprint density at radius 2 is 2.11 bits per heavy atom. The van der Waals surface area contributed by atoms with Gasteiger partial charge in [-0.15, -0.1) is 0 Å². The molecule has 0 bridgehead atoms. The lowest BCUT2D eigenvalue weighted by Crippen LogP contribution is -2.60. The van der Waals surface area contributed by atoms with Gasteiger partial charge in [-0.2, -0.15) is 0 Å². The van der Waals surface area contributed by atoms with Gasteiger partial charge in [0, 0.05) is 23.7 Å². The van der Waals surface area contributed by atoms with Gasteiger partial charge < -0.3 is 14.6 Å². The van der Waals surface area contributed by atoms with Crippen molar-refractivity contribution in [2.24, 2.45) is 34.5 Å². The Hall–Kier alpha value is -1.00. The summed E-state index contributed by atoms with van der Waals surface area (Å²) in [5, 5.41) is 11.7. The molecule has 0 amide bonds. The quantitative estimate of drug-likeness (QED) is 0.755. The van der Waals surface area contributed by atoms with E-state index in [1.165, 1.54) is 12.0 Å². The second kappa shape index (κ2) is 5.00. The molecule has 28 heavy (non-hydrogen) atoms. The first-order chi connectivity index (χ1) is 13.2.